The van der Waals surface area contributed by atoms with Crippen LogP contribution in [0.1, 0.15) is 25.3 Å². The molecule has 0 spiro atoms. The molecule has 0 unspecified atom stereocenters. The van der Waals surface area contributed by atoms with Crippen LogP contribution in [0.3, 0.4) is 0 Å². The van der Waals surface area contributed by atoms with E-state index in [-0.39, 0.29) is 0 Å². The molecule has 0 radical (unpaired) electrons. The zero-order valence-electron chi connectivity index (χ0n) is 9.11. The summed E-state index contributed by atoms with van der Waals surface area (Å²) in [5.74, 6) is 0.989. The third kappa shape index (κ3) is 3.81. The highest BCUT2D eigenvalue weighted by Crippen LogP contribution is 2.21. The molecule has 0 aromatic heterocycles. The van der Waals surface area contributed by atoms with E-state index < -0.39 is 16.4 Å². The van der Waals surface area contributed by atoms with Gasteiger partial charge in [-0.05, 0) is 23.8 Å². The minimum absolute atomic E-state index is 0.456. The zero-order valence-corrected chi connectivity index (χ0v) is 9.93. The lowest BCUT2D eigenvalue weighted by Crippen LogP contribution is -1.93. The molecule has 0 amide bonds. The Morgan fingerprint density at radius 2 is 2.25 bits per heavy atom. The highest BCUT2D eigenvalue weighted by molar-refractivity contribution is 7.98. The third-order valence-electron chi connectivity index (χ3n) is 2.12. The summed E-state index contributed by atoms with van der Waals surface area (Å²) in [6.07, 6.45) is 2.28. The van der Waals surface area contributed by atoms with E-state index in [0.717, 1.165) is 24.2 Å². The van der Waals surface area contributed by atoms with Crippen LogP contribution in [0, 0.1) is 15.9 Å². The van der Waals surface area contributed by atoms with Gasteiger partial charge >= 0.3 is 5.69 Å². The number of rotatable bonds is 6. The second-order valence-electron chi connectivity index (χ2n) is 3.45. The van der Waals surface area contributed by atoms with Gasteiger partial charge in [-0.1, -0.05) is 19.4 Å². The lowest BCUT2D eigenvalue weighted by atomic mass is 10.2. The van der Waals surface area contributed by atoms with E-state index in [1.54, 1.807) is 17.8 Å². The van der Waals surface area contributed by atoms with Crippen molar-refractivity contribution in [1.82, 2.24) is 0 Å². The van der Waals surface area contributed by atoms with Crippen molar-refractivity contribution in [2.24, 2.45) is 0 Å². The van der Waals surface area contributed by atoms with E-state index in [1.807, 2.05) is 0 Å². The van der Waals surface area contributed by atoms with Crippen molar-refractivity contribution in [2.75, 3.05) is 5.75 Å². The second-order valence-corrected chi connectivity index (χ2v) is 4.55. The number of hydrogen-bond acceptors (Lipinski definition) is 3. The summed E-state index contributed by atoms with van der Waals surface area (Å²) < 4.78 is 13.2. The van der Waals surface area contributed by atoms with Crippen LogP contribution in [-0.4, -0.2) is 10.7 Å². The molecular formula is C11H14FNO2S. The number of hydrogen-bond donors (Lipinski definition) is 0. The normalized spacial score (nSPS) is 10.4. The van der Waals surface area contributed by atoms with E-state index in [9.17, 15) is 14.5 Å². The minimum atomic E-state index is -0.751. The second kappa shape index (κ2) is 6.48. The summed E-state index contributed by atoms with van der Waals surface area (Å²) in [6, 6.07) is 4.09. The van der Waals surface area contributed by atoms with Gasteiger partial charge in [-0.25, -0.2) is 0 Å². The number of thioether (sulfide) groups is 1. The number of unbranched alkanes of at least 4 members (excludes halogenated alkanes) is 1. The maximum absolute atomic E-state index is 13.2. The molecule has 0 N–H and O–H groups in total. The SMILES string of the molecule is CCCCSCc1ccc([N+](=O)[O-])c(F)c1. The van der Waals surface area contributed by atoms with Gasteiger partial charge in [0.2, 0.25) is 5.82 Å². The molecule has 0 aliphatic rings. The van der Waals surface area contributed by atoms with E-state index in [1.165, 1.54) is 12.1 Å². The first-order valence-corrected chi connectivity index (χ1v) is 6.31. The molecule has 0 aliphatic carbocycles. The number of benzene rings is 1. The predicted octanol–water partition coefficient (Wildman–Crippen LogP) is 3.77. The van der Waals surface area contributed by atoms with Gasteiger partial charge in [-0.15, -0.1) is 0 Å². The number of nitro groups is 1. The lowest BCUT2D eigenvalue weighted by molar-refractivity contribution is -0.387. The fourth-order valence-electron chi connectivity index (χ4n) is 1.22. The van der Waals surface area contributed by atoms with Gasteiger partial charge in [0.15, 0.2) is 0 Å². The molecule has 88 valence electrons. The Kier molecular flexibility index (Phi) is 5.25. The average Bonchev–Trinajstić information content (AvgIpc) is 2.24. The van der Waals surface area contributed by atoms with Crippen molar-refractivity contribution >= 4 is 17.4 Å². The van der Waals surface area contributed by atoms with Crippen LogP contribution in [0.4, 0.5) is 10.1 Å². The Balaban J connectivity index is 2.56. The van der Waals surface area contributed by atoms with Crippen LogP contribution in [0.15, 0.2) is 18.2 Å². The molecule has 3 nitrogen and oxygen atoms in total. The first-order chi connectivity index (χ1) is 7.65. The summed E-state index contributed by atoms with van der Waals surface area (Å²) >= 11 is 1.72. The molecule has 1 aromatic rings. The van der Waals surface area contributed by atoms with Gasteiger partial charge in [-0.2, -0.15) is 16.2 Å². The quantitative estimate of drug-likeness (QED) is 0.434. The molecule has 0 aliphatic heterocycles. The average molecular weight is 243 g/mol. The van der Waals surface area contributed by atoms with Crippen molar-refractivity contribution in [2.45, 2.75) is 25.5 Å². The van der Waals surface area contributed by atoms with Crippen LogP contribution < -0.4 is 0 Å². The summed E-state index contributed by atoms with van der Waals surface area (Å²) in [5, 5.41) is 10.4. The predicted molar refractivity (Wildman–Crippen MR) is 64.1 cm³/mol. The largest absolute Gasteiger partial charge is 0.304 e. The first kappa shape index (κ1) is 13.0. The molecule has 1 aromatic carbocycles. The Labute approximate surface area is 98.2 Å². The van der Waals surface area contributed by atoms with Crippen LogP contribution in [-0.2, 0) is 5.75 Å². The van der Waals surface area contributed by atoms with Crippen LogP contribution in [0.2, 0.25) is 0 Å². The monoisotopic (exact) mass is 243 g/mol. The van der Waals surface area contributed by atoms with Crippen molar-refractivity contribution in [3.05, 3.63) is 39.7 Å². The van der Waals surface area contributed by atoms with Gasteiger partial charge in [0.1, 0.15) is 0 Å². The maximum Gasteiger partial charge on any atom is 0.304 e. The Hall–Kier alpha value is -1.10. The summed E-state index contributed by atoms with van der Waals surface area (Å²) in [6.45, 7) is 2.12. The Morgan fingerprint density at radius 3 is 2.81 bits per heavy atom. The molecule has 16 heavy (non-hydrogen) atoms. The van der Waals surface area contributed by atoms with Gasteiger partial charge in [0.25, 0.3) is 0 Å². The van der Waals surface area contributed by atoms with E-state index in [4.69, 9.17) is 0 Å². The standard InChI is InChI=1S/C11H14FNO2S/c1-2-3-6-16-8-9-4-5-11(13(14)15)10(12)7-9/h4-5,7H,2-3,6,8H2,1H3. The molecule has 0 fully saturated rings. The minimum Gasteiger partial charge on any atom is -0.258 e. The summed E-state index contributed by atoms with van der Waals surface area (Å²) in [7, 11) is 0. The van der Waals surface area contributed by atoms with Crippen molar-refractivity contribution < 1.29 is 9.31 Å². The summed E-state index contributed by atoms with van der Waals surface area (Å²) in [4.78, 5) is 9.69. The van der Waals surface area contributed by atoms with E-state index in [0.29, 0.717) is 5.75 Å². The van der Waals surface area contributed by atoms with Gasteiger partial charge < -0.3 is 0 Å². The maximum atomic E-state index is 13.2. The Morgan fingerprint density at radius 1 is 1.50 bits per heavy atom. The fourth-order valence-corrected chi connectivity index (χ4v) is 2.28. The third-order valence-corrected chi connectivity index (χ3v) is 3.23. The zero-order chi connectivity index (χ0) is 12.0. The molecule has 0 saturated heterocycles. The molecule has 0 saturated carbocycles. The molecule has 0 heterocycles. The van der Waals surface area contributed by atoms with Gasteiger partial charge in [-0.3, -0.25) is 10.1 Å². The molecule has 0 atom stereocenters. The summed E-state index contributed by atoms with van der Waals surface area (Å²) in [5.41, 5.74) is 0.339. The topological polar surface area (TPSA) is 43.1 Å². The van der Waals surface area contributed by atoms with Crippen molar-refractivity contribution in [1.29, 1.82) is 0 Å². The van der Waals surface area contributed by atoms with Crippen molar-refractivity contribution in [3.63, 3.8) is 0 Å². The molecule has 1 rings (SSSR count). The lowest BCUT2D eigenvalue weighted by Gasteiger charge is -2.01. The van der Waals surface area contributed by atoms with Crippen LogP contribution in [0.5, 0.6) is 0 Å². The fraction of sp³-hybridized carbons (Fsp3) is 0.455. The van der Waals surface area contributed by atoms with Crippen molar-refractivity contribution in [3.8, 4) is 0 Å². The van der Waals surface area contributed by atoms with Crippen LogP contribution >= 0.6 is 11.8 Å². The van der Waals surface area contributed by atoms with Gasteiger partial charge in [0.05, 0.1) is 4.92 Å². The highest BCUT2D eigenvalue weighted by atomic mass is 32.2. The van der Waals surface area contributed by atoms with E-state index in [2.05, 4.69) is 6.92 Å². The molecule has 0 bridgehead atoms. The number of halogens is 1. The van der Waals surface area contributed by atoms with Gasteiger partial charge in [0, 0.05) is 11.8 Å². The van der Waals surface area contributed by atoms with Crippen LogP contribution in [0.25, 0.3) is 0 Å². The Bertz CT molecular complexity index is 371. The molecular weight excluding hydrogens is 229 g/mol. The number of nitrogens with zero attached hydrogens (tertiary/aromatic N) is 1. The smallest absolute Gasteiger partial charge is 0.258 e. The number of nitro benzene ring substituents is 1. The molecule has 5 heteroatoms. The first-order valence-electron chi connectivity index (χ1n) is 5.15. The van der Waals surface area contributed by atoms with E-state index >= 15 is 0 Å². The highest BCUT2D eigenvalue weighted by Gasteiger charge is 2.13.